The molecule has 1 atom stereocenters. The van der Waals surface area contributed by atoms with E-state index in [2.05, 4.69) is 56.8 Å². The average molecular weight is 322 g/mol. The first-order valence-corrected chi connectivity index (χ1v) is 8.42. The fourth-order valence-electron chi connectivity index (χ4n) is 3.35. The van der Waals surface area contributed by atoms with Crippen LogP contribution in [0.25, 0.3) is 11.3 Å². The van der Waals surface area contributed by atoms with Gasteiger partial charge in [0.05, 0.1) is 18.4 Å². The molecule has 124 valence electrons. The molecule has 0 unspecified atom stereocenters. The molecule has 3 heterocycles. The van der Waals surface area contributed by atoms with Gasteiger partial charge in [0.25, 0.3) is 0 Å². The monoisotopic (exact) mass is 322 g/mol. The van der Waals surface area contributed by atoms with Crippen LogP contribution in [0.5, 0.6) is 0 Å². The standard InChI is InChI=1S/C18H22N6/c1-12-4-3-5-14(8-12)18-15(10-20-22-18)9-19-16-6-7-17-21-13(2)23-24(17)11-16/h3-5,8,10,16,19H,6-7,9,11H2,1-2H3,(H,20,22)/t16-/m0/s1. The number of aryl methyl sites for hydroxylation is 3. The van der Waals surface area contributed by atoms with Gasteiger partial charge in [0.2, 0.25) is 0 Å². The highest BCUT2D eigenvalue weighted by Crippen LogP contribution is 2.22. The number of H-pyrrole nitrogens is 1. The van der Waals surface area contributed by atoms with Crippen molar-refractivity contribution in [3.63, 3.8) is 0 Å². The Morgan fingerprint density at radius 1 is 1.33 bits per heavy atom. The molecule has 6 nitrogen and oxygen atoms in total. The summed E-state index contributed by atoms with van der Waals surface area (Å²) in [6.45, 7) is 5.74. The summed E-state index contributed by atoms with van der Waals surface area (Å²) < 4.78 is 2.04. The second-order valence-electron chi connectivity index (χ2n) is 6.51. The number of hydrogen-bond donors (Lipinski definition) is 2. The fraction of sp³-hybridized carbons (Fsp3) is 0.389. The first-order valence-electron chi connectivity index (χ1n) is 8.42. The number of aromatic amines is 1. The van der Waals surface area contributed by atoms with Gasteiger partial charge in [0.15, 0.2) is 0 Å². The summed E-state index contributed by atoms with van der Waals surface area (Å²) in [6.07, 6.45) is 3.99. The van der Waals surface area contributed by atoms with Gasteiger partial charge in [-0.2, -0.15) is 10.2 Å². The molecule has 2 aromatic heterocycles. The molecule has 0 spiro atoms. The molecule has 0 aliphatic carbocycles. The van der Waals surface area contributed by atoms with E-state index in [0.717, 1.165) is 43.3 Å². The summed E-state index contributed by atoms with van der Waals surface area (Å²) in [7, 11) is 0. The summed E-state index contributed by atoms with van der Waals surface area (Å²) in [6, 6.07) is 8.91. The number of benzene rings is 1. The Morgan fingerprint density at radius 3 is 3.12 bits per heavy atom. The van der Waals surface area contributed by atoms with Crippen molar-refractivity contribution in [2.75, 3.05) is 0 Å². The van der Waals surface area contributed by atoms with Crippen LogP contribution in [-0.4, -0.2) is 31.0 Å². The molecule has 1 aliphatic heterocycles. The molecule has 0 amide bonds. The molecule has 0 saturated heterocycles. The van der Waals surface area contributed by atoms with Gasteiger partial charge in [-0.1, -0.05) is 23.8 Å². The Bertz CT molecular complexity index is 847. The van der Waals surface area contributed by atoms with Gasteiger partial charge in [0.1, 0.15) is 11.6 Å². The van der Waals surface area contributed by atoms with Gasteiger partial charge >= 0.3 is 0 Å². The normalized spacial score (nSPS) is 17.0. The molecule has 24 heavy (non-hydrogen) atoms. The third kappa shape index (κ3) is 2.97. The van der Waals surface area contributed by atoms with Gasteiger partial charge < -0.3 is 5.32 Å². The van der Waals surface area contributed by atoms with Gasteiger partial charge in [-0.05, 0) is 26.3 Å². The average Bonchev–Trinajstić information content (AvgIpc) is 3.17. The number of nitrogens with zero attached hydrogens (tertiary/aromatic N) is 4. The maximum Gasteiger partial charge on any atom is 0.147 e. The third-order valence-electron chi connectivity index (χ3n) is 4.57. The van der Waals surface area contributed by atoms with Crippen molar-refractivity contribution in [1.29, 1.82) is 0 Å². The van der Waals surface area contributed by atoms with Crippen LogP contribution in [-0.2, 0) is 19.5 Å². The molecular formula is C18H22N6. The lowest BCUT2D eigenvalue weighted by atomic mass is 10.0. The topological polar surface area (TPSA) is 71.4 Å². The van der Waals surface area contributed by atoms with Crippen molar-refractivity contribution in [3.8, 4) is 11.3 Å². The largest absolute Gasteiger partial charge is 0.308 e. The van der Waals surface area contributed by atoms with Crippen LogP contribution in [0.2, 0.25) is 0 Å². The minimum absolute atomic E-state index is 0.416. The van der Waals surface area contributed by atoms with Gasteiger partial charge in [-0.25, -0.2) is 9.67 Å². The van der Waals surface area contributed by atoms with E-state index in [1.165, 1.54) is 16.7 Å². The van der Waals surface area contributed by atoms with Crippen LogP contribution in [0.15, 0.2) is 30.5 Å². The summed E-state index contributed by atoms with van der Waals surface area (Å²) in [5.41, 5.74) is 4.73. The maximum absolute atomic E-state index is 4.47. The quantitative estimate of drug-likeness (QED) is 0.774. The molecule has 0 saturated carbocycles. The van der Waals surface area contributed by atoms with Gasteiger partial charge in [0, 0.05) is 30.1 Å². The second-order valence-corrected chi connectivity index (χ2v) is 6.51. The molecule has 3 aromatic rings. The predicted molar refractivity (Wildman–Crippen MR) is 92.5 cm³/mol. The molecule has 2 N–H and O–H groups in total. The van der Waals surface area contributed by atoms with E-state index in [1.54, 1.807) is 0 Å². The zero-order valence-electron chi connectivity index (χ0n) is 14.1. The minimum atomic E-state index is 0.416. The highest BCUT2D eigenvalue weighted by atomic mass is 15.4. The molecule has 0 radical (unpaired) electrons. The first kappa shape index (κ1) is 15.1. The van der Waals surface area contributed by atoms with Crippen molar-refractivity contribution in [2.45, 2.75) is 45.8 Å². The number of nitrogens with one attached hydrogen (secondary N) is 2. The second kappa shape index (κ2) is 6.20. The molecule has 0 fully saturated rings. The van der Waals surface area contributed by atoms with E-state index >= 15 is 0 Å². The van der Waals surface area contributed by atoms with Crippen molar-refractivity contribution >= 4 is 0 Å². The Hall–Kier alpha value is -2.47. The molecule has 4 rings (SSSR count). The van der Waals surface area contributed by atoms with Crippen molar-refractivity contribution in [1.82, 2.24) is 30.3 Å². The van der Waals surface area contributed by atoms with Crippen LogP contribution in [0.3, 0.4) is 0 Å². The highest BCUT2D eigenvalue weighted by Gasteiger charge is 2.21. The third-order valence-corrected chi connectivity index (χ3v) is 4.57. The van der Waals surface area contributed by atoms with E-state index in [1.807, 2.05) is 17.8 Å². The molecular weight excluding hydrogens is 300 g/mol. The lowest BCUT2D eigenvalue weighted by Crippen LogP contribution is -2.37. The SMILES string of the molecule is Cc1cccc(-c2[nH]ncc2CN[C@H]2CCc3nc(C)nn3C2)c1. The maximum atomic E-state index is 4.47. The van der Waals surface area contributed by atoms with Crippen LogP contribution >= 0.6 is 0 Å². The van der Waals surface area contributed by atoms with Crippen molar-refractivity contribution < 1.29 is 0 Å². The Kier molecular flexibility index (Phi) is 3.90. The van der Waals surface area contributed by atoms with Crippen LogP contribution in [0, 0.1) is 13.8 Å². The van der Waals surface area contributed by atoms with Crippen LogP contribution in [0.4, 0.5) is 0 Å². The number of aromatic nitrogens is 5. The minimum Gasteiger partial charge on any atom is -0.308 e. The van der Waals surface area contributed by atoms with Gasteiger partial charge in [-0.15, -0.1) is 0 Å². The first-order chi connectivity index (χ1) is 11.7. The van der Waals surface area contributed by atoms with E-state index in [4.69, 9.17) is 0 Å². The van der Waals surface area contributed by atoms with Crippen molar-refractivity contribution in [2.24, 2.45) is 0 Å². The number of hydrogen-bond acceptors (Lipinski definition) is 4. The summed E-state index contributed by atoms with van der Waals surface area (Å²) in [5, 5.41) is 15.5. The van der Waals surface area contributed by atoms with Crippen LogP contribution < -0.4 is 5.32 Å². The lowest BCUT2D eigenvalue weighted by molar-refractivity contribution is 0.358. The number of rotatable bonds is 4. The zero-order valence-corrected chi connectivity index (χ0v) is 14.1. The lowest BCUT2D eigenvalue weighted by Gasteiger charge is -2.23. The summed E-state index contributed by atoms with van der Waals surface area (Å²) >= 11 is 0. The number of fused-ring (bicyclic) bond motifs is 1. The Morgan fingerprint density at radius 2 is 2.25 bits per heavy atom. The Labute approximate surface area is 141 Å². The molecule has 1 aromatic carbocycles. The van der Waals surface area contributed by atoms with E-state index in [9.17, 15) is 0 Å². The van der Waals surface area contributed by atoms with Gasteiger partial charge in [-0.3, -0.25) is 5.10 Å². The summed E-state index contributed by atoms with van der Waals surface area (Å²) in [4.78, 5) is 4.47. The Balaban J connectivity index is 1.45. The fourth-order valence-corrected chi connectivity index (χ4v) is 3.35. The molecule has 0 bridgehead atoms. The van der Waals surface area contributed by atoms with E-state index < -0.39 is 0 Å². The highest BCUT2D eigenvalue weighted by molar-refractivity contribution is 5.63. The zero-order chi connectivity index (χ0) is 16.5. The smallest absolute Gasteiger partial charge is 0.147 e. The van der Waals surface area contributed by atoms with E-state index in [-0.39, 0.29) is 0 Å². The van der Waals surface area contributed by atoms with Crippen LogP contribution in [0.1, 0.15) is 29.2 Å². The van der Waals surface area contributed by atoms with Crippen molar-refractivity contribution in [3.05, 3.63) is 53.2 Å². The summed E-state index contributed by atoms with van der Waals surface area (Å²) in [5.74, 6) is 1.97. The predicted octanol–water partition coefficient (Wildman–Crippen LogP) is 2.39. The molecule has 1 aliphatic rings. The molecule has 6 heteroatoms. The van der Waals surface area contributed by atoms with E-state index in [0.29, 0.717) is 6.04 Å².